The van der Waals surface area contributed by atoms with Gasteiger partial charge in [0.2, 0.25) is 0 Å². The lowest BCUT2D eigenvalue weighted by Gasteiger charge is -2.33. The largest absolute Gasteiger partial charge is 0.384 e. The van der Waals surface area contributed by atoms with Crippen molar-refractivity contribution < 1.29 is 4.74 Å². The van der Waals surface area contributed by atoms with Gasteiger partial charge in [0.1, 0.15) is 0 Å². The zero-order valence-corrected chi connectivity index (χ0v) is 13.1. The van der Waals surface area contributed by atoms with Gasteiger partial charge in [-0.25, -0.2) is 0 Å². The summed E-state index contributed by atoms with van der Waals surface area (Å²) in [5.41, 5.74) is 6.24. The summed E-state index contributed by atoms with van der Waals surface area (Å²) < 4.78 is 5.41. The van der Waals surface area contributed by atoms with Crippen molar-refractivity contribution in [3.05, 3.63) is 0 Å². The van der Waals surface area contributed by atoms with Gasteiger partial charge < -0.3 is 10.5 Å². The molecule has 110 valence electrons. The molecule has 0 aromatic heterocycles. The number of rotatable bonds is 12. The van der Waals surface area contributed by atoms with Crippen LogP contribution in [0.15, 0.2) is 0 Å². The smallest absolute Gasteiger partial charge is 0.0530 e. The molecule has 0 aromatic carbocycles. The molecule has 0 radical (unpaired) electrons. The minimum absolute atomic E-state index is 0.216. The molecule has 0 saturated carbocycles. The molecule has 0 aromatic rings. The molecule has 0 bridgehead atoms. The minimum Gasteiger partial charge on any atom is -0.384 e. The number of nitrogens with two attached hydrogens (primary N) is 1. The summed E-state index contributed by atoms with van der Waals surface area (Å²) in [4.78, 5) is 0. The average molecular weight is 257 g/mol. The normalized spacial score (nSPS) is 15.0. The molecule has 0 saturated heterocycles. The lowest BCUT2D eigenvalue weighted by molar-refractivity contribution is 0.0591. The first-order valence-corrected chi connectivity index (χ1v) is 7.79. The van der Waals surface area contributed by atoms with Gasteiger partial charge >= 0.3 is 0 Å². The first-order valence-electron chi connectivity index (χ1n) is 7.79. The molecule has 2 N–H and O–H groups in total. The second-order valence-electron chi connectivity index (χ2n) is 6.25. The molecule has 0 spiro atoms. The topological polar surface area (TPSA) is 35.2 Å². The Hall–Kier alpha value is -0.0800. The highest BCUT2D eigenvalue weighted by Crippen LogP contribution is 2.32. The Morgan fingerprint density at radius 1 is 1.06 bits per heavy atom. The van der Waals surface area contributed by atoms with Crippen molar-refractivity contribution in [3.63, 3.8) is 0 Å². The molecular formula is C16H35NO. The first-order chi connectivity index (χ1) is 8.60. The van der Waals surface area contributed by atoms with E-state index in [1.54, 1.807) is 7.11 Å². The predicted molar refractivity (Wildman–Crippen MR) is 80.8 cm³/mol. The fourth-order valence-corrected chi connectivity index (χ4v) is 2.93. The van der Waals surface area contributed by atoms with Crippen LogP contribution in [-0.2, 0) is 4.74 Å². The highest BCUT2D eigenvalue weighted by Gasteiger charge is 2.28. The van der Waals surface area contributed by atoms with Crippen molar-refractivity contribution >= 4 is 0 Å². The summed E-state index contributed by atoms with van der Waals surface area (Å²) in [7, 11) is 1.80. The van der Waals surface area contributed by atoms with E-state index in [4.69, 9.17) is 10.5 Å². The van der Waals surface area contributed by atoms with Gasteiger partial charge in [0, 0.05) is 19.1 Å². The fraction of sp³-hybridized carbons (Fsp3) is 1.00. The van der Waals surface area contributed by atoms with Crippen LogP contribution in [0.3, 0.4) is 0 Å². The summed E-state index contributed by atoms with van der Waals surface area (Å²) in [5.74, 6) is 0.698. The standard InChI is InChI=1S/C16H35NO/c1-5-6-7-8-9-10-11-16(13-17,14-18-4)12-15(2)3/h15H,5-14,17H2,1-4H3. The number of hydrogen-bond donors (Lipinski definition) is 1. The highest BCUT2D eigenvalue weighted by molar-refractivity contribution is 4.81. The van der Waals surface area contributed by atoms with Gasteiger partial charge in [-0.1, -0.05) is 59.3 Å². The summed E-state index contributed by atoms with van der Waals surface area (Å²) in [6, 6.07) is 0. The van der Waals surface area contributed by atoms with E-state index >= 15 is 0 Å². The van der Waals surface area contributed by atoms with Crippen molar-refractivity contribution in [2.45, 2.75) is 72.1 Å². The molecule has 1 atom stereocenters. The van der Waals surface area contributed by atoms with E-state index in [9.17, 15) is 0 Å². The Balaban J connectivity index is 3.99. The van der Waals surface area contributed by atoms with Crippen molar-refractivity contribution in [1.82, 2.24) is 0 Å². The summed E-state index contributed by atoms with van der Waals surface area (Å²) in [5, 5.41) is 0. The zero-order valence-electron chi connectivity index (χ0n) is 13.1. The maximum Gasteiger partial charge on any atom is 0.0530 e. The van der Waals surface area contributed by atoms with Crippen LogP contribution in [-0.4, -0.2) is 20.3 Å². The maximum absolute atomic E-state index is 6.02. The number of unbranched alkanes of at least 4 members (excludes halogenated alkanes) is 5. The Morgan fingerprint density at radius 3 is 2.17 bits per heavy atom. The quantitative estimate of drug-likeness (QED) is 0.527. The van der Waals surface area contributed by atoms with Crippen LogP contribution in [0.5, 0.6) is 0 Å². The SMILES string of the molecule is CCCCCCCCC(CN)(COC)CC(C)C. The number of methoxy groups -OCH3 is 1. The van der Waals surface area contributed by atoms with E-state index < -0.39 is 0 Å². The third kappa shape index (κ3) is 8.10. The lowest BCUT2D eigenvalue weighted by atomic mass is 9.76. The molecule has 0 aliphatic carbocycles. The van der Waals surface area contributed by atoms with E-state index in [1.165, 1.54) is 51.4 Å². The van der Waals surface area contributed by atoms with Crippen LogP contribution < -0.4 is 5.73 Å². The maximum atomic E-state index is 6.02. The first kappa shape index (κ1) is 17.9. The number of ether oxygens (including phenoxy) is 1. The van der Waals surface area contributed by atoms with Gasteiger partial charge in [-0.2, -0.15) is 0 Å². The second-order valence-corrected chi connectivity index (χ2v) is 6.25. The molecule has 0 amide bonds. The molecule has 0 aliphatic rings. The van der Waals surface area contributed by atoms with Gasteiger partial charge in [0.15, 0.2) is 0 Å². The van der Waals surface area contributed by atoms with Crippen LogP contribution >= 0.6 is 0 Å². The Labute approximate surface area is 115 Å². The monoisotopic (exact) mass is 257 g/mol. The van der Waals surface area contributed by atoms with Crippen LogP contribution in [0.1, 0.15) is 72.1 Å². The third-order valence-electron chi connectivity index (χ3n) is 3.79. The van der Waals surface area contributed by atoms with Crippen molar-refractivity contribution in [2.24, 2.45) is 17.1 Å². The summed E-state index contributed by atoms with van der Waals surface area (Å²) in [6.45, 7) is 8.40. The molecular weight excluding hydrogens is 222 g/mol. The van der Waals surface area contributed by atoms with Crippen LogP contribution in [0.2, 0.25) is 0 Å². The molecule has 2 heteroatoms. The van der Waals surface area contributed by atoms with Gasteiger partial charge in [-0.15, -0.1) is 0 Å². The van der Waals surface area contributed by atoms with Crippen LogP contribution in [0, 0.1) is 11.3 Å². The van der Waals surface area contributed by atoms with Gasteiger partial charge in [-0.3, -0.25) is 0 Å². The molecule has 0 rings (SSSR count). The van der Waals surface area contributed by atoms with Crippen molar-refractivity contribution in [1.29, 1.82) is 0 Å². The fourth-order valence-electron chi connectivity index (χ4n) is 2.93. The van der Waals surface area contributed by atoms with E-state index in [-0.39, 0.29) is 5.41 Å². The van der Waals surface area contributed by atoms with Gasteiger partial charge in [-0.05, 0) is 18.8 Å². The predicted octanol–water partition coefficient (Wildman–Crippen LogP) is 4.37. The molecule has 18 heavy (non-hydrogen) atoms. The molecule has 1 unspecified atom stereocenters. The third-order valence-corrected chi connectivity index (χ3v) is 3.79. The Bertz CT molecular complexity index is 182. The van der Waals surface area contributed by atoms with Crippen molar-refractivity contribution in [3.8, 4) is 0 Å². The summed E-state index contributed by atoms with van der Waals surface area (Å²) in [6.07, 6.45) is 10.5. The average Bonchev–Trinajstić information content (AvgIpc) is 2.33. The molecule has 0 fully saturated rings. The second kappa shape index (κ2) is 10.8. The molecule has 2 nitrogen and oxygen atoms in total. The lowest BCUT2D eigenvalue weighted by Crippen LogP contribution is -2.36. The van der Waals surface area contributed by atoms with Crippen LogP contribution in [0.25, 0.3) is 0 Å². The number of hydrogen-bond acceptors (Lipinski definition) is 2. The molecule has 0 heterocycles. The molecule has 0 aliphatic heterocycles. The van der Waals surface area contributed by atoms with E-state index in [0.29, 0.717) is 5.92 Å². The van der Waals surface area contributed by atoms with Gasteiger partial charge in [0.05, 0.1) is 6.61 Å². The van der Waals surface area contributed by atoms with E-state index in [1.807, 2.05) is 0 Å². The highest BCUT2D eigenvalue weighted by atomic mass is 16.5. The van der Waals surface area contributed by atoms with Crippen LogP contribution in [0.4, 0.5) is 0 Å². The Kier molecular flexibility index (Phi) is 10.8. The zero-order chi connectivity index (χ0) is 13.9. The van der Waals surface area contributed by atoms with Gasteiger partial charge in [0.25, 0.3) is 0 Å². The van der Waals surface area contributed by atoms with E-state index in [0.717, 1.165) is 13.2 Å². The summed E-state index contributed by atoms with van der Waals surface area (Å²) >= 11 is 0. The Morgan fingerprint density at radius 2 is 1.67 bits per heavy atom. The van der Waals surface area contributed by atoms with E-state index in [2.05, 4.69) is 20.8 Å². The minimum atomic E-state index is 0.216. The van der Waals surface area contributed by atoms with Crippen molar-refractivity contribution in [2.75, 3.05) is 20.3 Å².